The van der Waals surface area contributed by atoms with E-state index in [1.165, 1.54) is 4.90 Å². The number of nitrogens with zero attached hydrogens (tertiary/aromatic N) is 1. The van der Waals surface area contributed by atoms with E-state index in [1.807, 2.05) is 32.0 Å². The van der Waals surface area contributed by atoms with Crippen molar-refractivity contribution in [2.75, 3.05) is 13.2 Å². The van der Waals surface area contributed by atoms with E-state index in [0.29, 0.717) is 24.5 Å². The topological polar surface area (TPSA) is 78.9 Å². The average Bonchev–Trinajstić information content (AvgIpc) is 2.90. The molecule has 2 N–H and O–H groups in total. The number of imide groups is 1. The highest BCUT2D eigenvalue weighted by Crippen LogP contribution is 2.45. The molecule has 6 nitrogen and oxygen atoms in total. The molecule has 3 amide bonds. The van der Waals surface area contributed by atoms with Crippen molar-refractivity contribution in [2.45, 2.75) is 78.4 Å². The Morgan fingerprint density at radius 3 is 2.37 bits per heavy atom. The summed E-state index contributed by atoms with van der Waals surface area (Å²) in [7, 11) is 0. The van der Waals surface area contributed by atoms with Gasteiger partial charge in [-0.1, -0.05) is 33.3 Å². The number of carbonyl (C=O) groups excluding carboxylic acids is 2. The Bertz CT molecular complexity index is 776. The second-order valence-corrected chi connectivity index (χ2v) is 9.83. The van der Waals surface area contributed by atoms with Gasteiger partial charge in [-0.05, 0) is 74.1 Å². The molecular formula is C24H36N2O4. The number of aliphatic hydroxyl groups excluding tert-OH is 1. The summed E-state index contributed by atoms with van der Waals surface area (Å²) in [6.45, 7) is 10.7. The lowest BCUT2D eigenvalue weighted by Crippen LogP contribution is -2.51. The Hall–Kier alpha value is -2.08. The number of β-amino-alcohol motifs (C(OH)–C–C–N with tert-alkyl or cyclic N) is 1. The molecule has 6 heteroatoms. The molecule has 0 bridgehead atoms. The van der Waals surface area contributed by atoms with Crippen LogP contribution in [0.1, 0.15) is 64.0 Å². The minimum absolute atomic E-state index is 0.0275. The van der Waals surface area contributed by atoms with Crippen LogP contribution in [0.2, 0.25) is 0 Å². The van der Waals surface area contributed by atoms with Gasteiger partial charge in [-0.3, -0.25) is 9.69 Å². The number of urea groups is 1. The molecule has 1 heterocycles. The fraction of sp³-hybridized carbons (Fsp3) is 0.667. The summed E-state index contributed by atoms with van der Waals surface area (Å²) in [5.41, 5.74) is 1.61. The highest BCUT2D eigenvalue weighted by atomic mass is 16.5. The number of hydrogen-bond donors (Lipinski definition) is 2. The molecule has 0 unspecified atom stereocenters. The standard InChI is InChI=1S/C24H36N2O4/c1-6-23(4,5)18-7-9-24(10-8-18)21(28)26(22(29)25-24)14-19(27)15-30-20-12-16(2)11-17(3)13-20/h11-13,18-19,27H,6-10,14-15H2,1-5H3,(H,25,29)/t18?,19-,24?/m1/s1. The first-order valence-electron chi connectivity index (χ1n) is 11.1. The number of amides is 3. The Labute approximate surface area is 180 Å². The Morgan fingerprint density at radius 1 is 1.20 bits per heavy atom. The van der Waals surface area contributed by atoms with Crippen molar-refractivity contribution in [2.24, 2.45) is 11.3 Å². The Kier molecular flexibility index (Phi) is 6.46. The lowest BCUT2D eigenvalue weighted by atomic mass is 9.65. The van der Waals surface area contributed by atoms with Gasteiger partial charge in [-0.25, -0.2) is 4.79 Å². The highest BCUT2D eigenvalue weighted by Gasteiger charge is 2.53. The number of hydrogen-bond acceptors (Lipinski definition) is 4. The molecule has 3 rings (SSSR count). The van der Waals surface area contributed by atoms with Gasteiger partial charge in [0.05, 0.1) is 6.54 Å². The predicted molar refractivity (Wildman–Crippen MR) is 116 cm³/mol. The third kappa shape index (κ3) is 4.64. The van der Waals surface area contributed by atoms with E-state index in [-0.39, 0.29) is 24.5 Å². The van der Waals surface area contributed by atoms with E-state index in [4.69, 9.17) is 4.74 Å². The molecule has 30 heavy (non-hydrogen) atoms. The van der Waals surface area contributed by atoms with E-state index in [1.54, 1.807) is 0 Å². The maximum Gasteiger partial charge on any atom is 0.325 e. The molecule has 1 saturated carbocycles. The zero-order valence-electron chi connectivity index (χ0n) is 19.0. The van der Waals surface area contributed by atoms with Crippen LogP contribution in [0.15, 0.2) is 18.2 Å². The average molecular weight is 417 g/mol. The third-order valence-corrected chi connectivity index (χ3v) is 7.13. The number of ether oxygens (including phenoxy) is 1. The first kappa shape index (κ1) is 22.6. The summed E-state index contributed by atoms with van der Waals surface area (Å²) in [5, 5.41) is 13.4. The summed E-state index contributed by atoms with van der Waals surface area (Å²) in [5.74, 6) is 1.03. The van der Waals surface area contributed by atoms with Crippen LogP contribution in [-0.4, -0.2) is 46.7 Å². The number of rotatable bonds is 7. The zero-order valence-corrected chi connectivity index (χ0v) is 19.0. The maximum atomic E-state index is 13.1. The highest BCUT2D eigenvalue weighted by molar-refractivity contribution is 6.07. The van der Waals surface area contributed by atoms with Gasteiger partial charge < -0.3 is 15.2 Å². The Morgan fingerprint density at radius 2 is 1.80 bits per heavy atom. The quantitative estimate of drug-likeness (QED) is 0.660. The molecule has 1 aromatic rings. The van der Waals surface area contributed by atoms with Crippen molar-refractivity contribution in [3.8, 4) is 5.75 Å². The molecule has 1 saturated heterocycles. The molecule has 1 aromatic carbocycles. The van der Waals surface area contributed by atoms with Gasteiger partial charge in [-0.15, -0.1) is 0 Å². The van der Waals surface area contributed by atoms with Gasteiger partial charge in [0.15, 0.2) is 0 Å². The van der Waals surface area contributed by atoms with Crippen LogP contribution in [-0.2, 0) is 4.79 Å². The number of aliphatic hydroxyl groups is 1. The number of carbonyl (C=O) groups is 2. The van der Waals surface area contributed by atoms with Crippen LogP contribution in [0.5, 0.6) is 5.75 Å². The van der Waals surface area contributed by atoms with Gasteiger partial charge in [0.25, 0.3) is 5.91 Å². The van der Waals surface area contributed by atoms with E-state index >= 15 is 0 Å². The van der Waals surface area contributed by atoms with Crippen LogP contribution in [0.4, 0.5) is 4.79 Å². The minimum Gasteiger partial charge on any atom is -0.491 e. The second-order valence-electron chi connectivity index (χ2n) is 9.83. The molecule has 1 aliphatic carbocycles. The van der Waals surface area contributed by atoms with Crippen LogP contribution in [0.25, 0.3) is 0 Å². The fourth-order valence-electron chi connectivity index (χ4n) is 4.83. The summed E-state index contributed by atoms with van der Waals surface area (Å²) in [6, 6.07) is 5.45. The SMILES string of the molecule is CCC(C)(C)C1CCC2(CC1)NC(=O)N(C[C@@H](O)COc1cc(C)cc(C)c1)C2=O. The molecule has 0 radical (unpaired) electrons. The molecule has 2 aliphatic rings. The molecule has 1 aliphatic heterocycles. The summed E-state index contributed by atoms with van der Waals surface area (Å²) >= 11 is 0. The lowest BCUT2D eigenvalue weighted by Gasteiger charge is -2.42. The first-order valence-corrected chi connectivity index (χ1v) is 11.1. The number of benzene rings is 1. The van der Waals surface area contributed by atoms with Crippen molar-refractivity contribution in [1.29, 1.82) is 0 Å². The third-order valence-electron chi connectivity index (χ3n) is 7.13. The predicted octanol–water partition coefficient (Wildman–Crippen LogP) is 3.96. The van der Waals surface area contributed by atoms with Crippen LogP contribution >= 0.6 is 0 Å². The van der Waals surface area contributed by atoms with Crippen molar-refractivity contribution in [3.63, 3.8) is 0 Å². The van der Waals surface area contributed by atoms with Crippen molar-refractivity contribution >= 4 is 11.9 Å². The summed E-state index contributed by atoms with van der Waals surface area (Å²) in [6.07, 6.45) is 3.35. The molecule has 166 valence electrons. The van der Waals surface area contributed by atoms with E-state index in [0.717, 1.165) is 30.4 Å². The number of aryl methyl sites for hydroxylation is 2. The largest absolute Gasteiger partial charge is 0.491 e. The molecule has 1 spiro atoms. The normalized spacial score (nSPS) is 25.5. The van der Waals surface area contributed by atoms with Crippen LogP contribution < -0.4 is 10.1 Å². The Balaban J connectivity index is 1.57. The lowest BCUT2D eigenvalue weighted by molar-refractivity contribution is -0.134. The van der Waals surface area contributed by atoms with Crippen molar-refractivity contribution < 1.29 is 19.4 Å². The van der Waals surface area contributed by atoms with E-state index in [2.05, 4.69) is 26.1 Å². The summed E-state index contributed by atoms with van der Waals surface area (Å²) < 4.78 is 5.69. The van der Waals surface area contributed by atoms with Crippen molar-refractivity contribution in [3.05, 3.63) is 29.3 Å². The minimum atomic E-state index is -0.939. The monoisotopic (exact) mass is 416 g/mol. The smallest absolute Gasteiger partial charge is 0.325 e. The van der Waals surface area contributed by atoms with Gasteiger partial charge >= 0.3 is 6.03 Å². The second kappa shape index (κ2) is 8.58. The molecule has 1 atom stereocenters. The first-order chi connectivity index (χ1) is 14.1. The summed E-state index contributed by atoms with van der Waals surface area (Å²) in [4.78, 5) is 26.8. The fourth-order valence-corrected chi connectivity index (χ4v) is 4.83. The van der Waals surface area contributed by atoms with Crippen molar-refractivity contribution in [1.82, 2.24) is 10.2 Å². The molecular weight excluding hydrogens is 380 g/mol. The number of nitrogens with one attached hydrogen (secondary N) is 1. The molecule has 0 aromatic heterocycles. The van der Waals surface area contributed by atoms with Gasteiger partial charge in [0.2, 0.25) is 0 Å². The van der Waals surface area contributed by atoms with Gasteiger partial charge in [0, 0.05) is 0 Å². The van der Waals surface area contributed by atoms with E-state index in [9.17, 15) is 14.7 Å². The zero-order chi connectivity index (χ0) is 22.1. The van der Waals surface area contributed by atoms with Crippen LogP contribution in [0.3, 0.4) is 0 Å². The molecule has 2 fully saturated rings. The van der Waals surface area contributed by atoms with Crippen LogP contribution in [0, 0.1) is 25.2 Å². The van der Waals surface area contributed by atoms with Gasteiger partial charge in [0.1, 0.15) is 24.0 Å². The van der Waals surface area contributed by atoms with Gasteiger partial charge in [-0.2, -0.15) is 0 Å². The maximum absolute atomic E-state index is 13.1. The van der Waals surface area contributed by atoms with E-state index < -0.39 is 17.7 Å².